The van der Waals surface area contributed by atoms with E-state index >= 15 is 0 Å². The first-order valence-electron chi connectivity index (χ1n) is 5.75. The fourth-order valence-corrected chi connectivity index (χ4v) is 2.93. The highest BCUT2D eigenvalue weighted by atomic mass is 32.2. The molecule has 1 aromatic carbocycles. The molecule has 0 saturated heterocycles. The molecule has 0 spiro atoms. The lowest BCUT2D eigenvalue weighted by Crippen LogP contribution is -1.91. The molecular formula is C14H13N3S. The molecule has 90 valence electrons. The standard InChI is InChI=1S/C14H13N3S/c1-10-9-13(18-14-15-7-8-17(14)2)11-5-3-4-6-12(11)16-10/h3-9H,1-2H3. The Morgan fingerprint density at radius 2 is 2.06 bits per heavy atom. The maximum Gasteiger partial charge on any atom is 0.172 e. The largest absolute Gasteiger partial charge is 0.329 e. The molecule has 0 atom stereocenters. The zero-order valence-corrected chi connectivity index (χ0v) is 11.1. The van der Waals surface area contributed by atoms with Crippen LogP contribution >= 0.6 is 11.8 Å². The third-order valence-electron chi connectivity index (χ3n) is 2.78. The van der Waals surface area contributed by atoms with Gasteiger partial charge in [-0.3, -0.25) is 4.98 Å². The molecule has 3 aromatic rings. The van der Waals surface area contributed by atoms with Crippen molar-refractivity contribution in [1.82, 2.24) is 14.5 Å². The third kappa shape index (κ3) is 1.99. The van der Waals surface area contributed by atoms with E-state index in [2.05, 4.69) is 22.1 Å². The second-order valence-electron chi connectivity index (χ2n) is 4.20. The number of fused-ring (bicyclic) bond motifs is 1. The molecule has 0 unspecified atom stereocenters. The number of benzene rings is 1. The number of para-hydroxylation sites is 1. The van der Waals surface area contributed by atoms with Gasteiger partial charge in [0.25, 0.3) is 0 Å². The van der Waals surface area contributed by atoms with Gasteiger partial charge in [-0.15, -0.1) is 0 Å². The summed E-state index contributed by atoms with van der Waals surface area (Å²) in [6.07, 6.45) is 3.77. The van der Waals surface area contributed by atoms with Crippen LogP contribution < -0.4 is 0 Å². The lowest BCUT2D eigenvalue weighted by molar-refractivity contribution is 0.790. The van der Waals surface area contributed by atoms with E-state index in [0.717, 1.165) is 16.4 Å². The van der Waals surface area contributed by atoms with Gasteiger partial charge in [0.1, 0.15) is 0 Å². The van der Waals surface area contributed by atoms with Gasteiger partial charge in [-0.25, -0.2) is 4.98 Å². The number of aryl methyl sites for hydroxylation is 2. The summed E-state index contributed by atoms with van der Waals surface area (Å²) in [5, 5.41) is 2.17. The molecule has 18 heavy (non-hydrogen) atoms. The molecule has 0 amide bonds. The average molecular weight is 255 g/mol. The van der Waals surface area contributed by atoms with Crippen LogP contribution in [0.5, 0.6) is 0 Å². The van der Waals surface area contributed by atoms with Crippen molar-refractivity contribution in [3.05, 3.63) is 48.4 Å². The fourth-order valence-electron chi connectivity index (χ4n) is 1.90. The Balaban J connectivity index is 2.14. The molecule has 3 nitrogen and oxygen atoms in total. The van der Waals surface area contributed by atoms with Crippen LogP contribution in [0.2, 0.25) is 0 Å². The first-order valence-corrected chi connectivity index (χ1v) is 6.57. The van der Waals surface area contributed by atoms with Gasteiger partial charge in [-0.2, -0.15) is 0 Å². The second-order valence-corrected chi connectivity index (χ2v) is 5.21. The van der Waals surface area contributed by atoms with E-state index in [-0.39, 0.29) is 0 Å². The Bertz CT molecular complexity index is 703. The Kier molecular flexibility index (Phi) is 2.80. The number of hydrogen-bond donors (Lipinski definition) is 0. The minimum absolute atomic E-state index is 0.991. The van der Waals surface area contributed by atoms with E-state index in [1.807, 2.05) is 49.1 Å². The van der Waals surface area contributed by atoms with E-state index in [1.54, 1.807) is 11.8 Å². The maximum atomic E-state index is 4.55. The summed E-state index contributed by atoms with van der Waals surface area (Å²) in [6, 6.07) is 10.3. The molecule has 0 radical (unpaired) electrons. The van der Waals surface area contributed by atoms with Gasteiger partial charge in [-0.1, -0.05) is 30.0 Å². The summed E-state index contributed by atoms with van der Waals surface area (Å²) in [5.41, 5.74) is 2.07. The monoisotopic (exact) mass is 255 g/mol. The summed E-state index contributed by atoms with van der Waals surface area (Å²) in [6.45, 7) is 2.02. The summed E-state index contributed by atoms with van der Waals surface area (Å²) in [7, 11) is 2.01. The minimum atomic E-state index is 0.991. The van der Waals surface area contributed by atoms with Crippen LogP contribution in [-0.2, 0) is 7.05 Å². The van der Waals surface area contributed by atoms with E-state index < -0.39 is 0 Å². The van der Waals surface area contributed by atoms with Crippen molar-refractivity contribution >= 4 is 22.7 Å². The van der Waals surface area contributed by atoms with Gasteiger partial charge in [0.2, 0.25) is 0 Å². The first-order chi connectivity index (χ1) is 8.74. The van der Waals surface area contributed by atoms with E-state index in [9.17, 15) is 0 Å². The van der Waals surface area contributed by atoms with Crippen molar-refractivity contribution < 1.29 is 0 Å². The van der Waals surface area contributed by atoms with Crippen LogP contribution in [0.4, 0.5) is 0 Å². The second kappa shape index (κ2) is 4.46. The molecule has 4 heteroatoms. The third-order valence-corrected chi connectivity index (χ3v) is 3.92. The number of aromatic nitrogens is 3. The molecule has 0 aliphatic heterocycles. The molecule has 0 bridgehead atoms. The molecule has 0 N–H and O–H groups in total. The number of nitrogens with zero attached hydrogens (tertiary/aromatic N) is 3. The number of imidazole rings is 1. The highest BCUT2D eigenvalue weighted by Crippen LogP contribution is 2.32. The molecule has 0 saturated carbocycles. The van der Waals surface area contributed by atoms with Crippen molar-refractivity contribution in [2.75, 3.05) is 0 Å². The molecule has 0 fully saturated rings. The molecule has 0 aliphatic carbocycles. The first kappa shape index (κ1) is 11.3. The van der Waals surface area contributed by atoms with Gasteiger partial charge in [0.15, 0.2) is 5.16 Å². The van der Waals surface area contributed by atoms with Crippen molar-refractivity contribution in [2.24, 2.45) is 7.05 Å². The Morgan fingerprint density at radius 3 is 2.83 bits per heavy atom. The lowest BCUT2D eigenvalue weighted by Gasteiger charge is -2.07. The predicted octanol–water partition coefficient (Wildman–Crippen LogP) is 3.43. The van der Waals surface area contributed by atoms with Gasteiger partial charge in [0.05, 0.1) is 5.52 Å². The zero-order chi connectivity index (χ0) is 12.5. The highest BCUT2D eigenvalue weighted by molar-refractivity contribution is 7.99. The zero-order valence-electron chi connectivity index (χ0n) is 10.3. The van der Waals surface area contributed by atoms with Crippen molar-refractivity contribution in [1.29, 1.82) is 0 Å². The lowest BCUT2D eigenvalue weighted by atomic mass is 10.2. The van der Waals surface area contributed by atoms with Crippen molar-refractivity contribution in [2.45, 2.75) is 17.0 Å². The van der Waals surface area contributed by atoms with Gasteiger partial charge >= 0.3 is 0 Å². The smallest absolute Gasteiger partial charge is 0.172 e. The number of pyridine rings is 1. The van der Waals surface area contributed by atoms with Crippen molar-refractivity contribution in [3.63, 3.8) is 0 Å². The molecule has 0 aliphatic rings. The number of rotatable bonds is 2. The quantitative estimate of drug-likeness (QED) is 0.703. The fraction of sp³-hybridized carbons (Fsp3) is 0.143. The van der Waals surface area contributed by atoms with Crippen LogP contribution in [0, 0.1) is 6.92 Å². The Labute approximate surface area is 110 Å². The molecule has 2 aromatic heterocycles. The Hall–Kier alpha value is -1.81. The molecule has 3 rings (SSSR count). The van der Waals surface area contributed by atoms with Crippen LogP contribution in [0.1, 0.15) is 5.69 Å². The van der Waals surface area contributed by atoms with Crippen LogP contribution in [0.15, 0.2) is 52.8 Å². The average Bonchev–Trinajstić information content (AvgIpc) is 2.75. The van der Waals surface area contributed by atoms with Crippen LogP contribution in [-0.4, -0.2) is 14.5 Å². The van der Waals surface area contributed by atoms with Gasteiger partial charge in [0, 0.05) is 35.4 Å². The van der Waals surface area contributed by atoms with E-state index in [4.69, 9.17) is 0 Å². The summed E-state index contributed by atoms with van der Waals surface area (Å²) >= 11 is 1.68. The SMILES string of the molecule is Cc1cc(Sc2nccn2C)c2ccccc2n1. The maximum absolute atomic E-state index is 4.55. The normalized spacial score (nSPS) is 11.0. The predicted molar refractivity (Wildman–Crippen MR) is 73.8 cm³/mol. The van der Waals surface area contributed by atoms with E-state index in [1.165, 1.54) is 10.3 Å². The molecule has 2 heterocycles. The van der Waals surface area contributed by atoms with Gasteiger partial charge < -0.3 is 4.57 Å². The van der Waals surface area contributed by atoms with Crippen LogP contribution in [0.25, 0.3) is 10.9 Å². The number of hydrogen-bond acceptors (Lipinski definition) is 3. The topological polar surface area (TPSA) is 30.7 Å². The van der Waals surface area contributed by atoms with Gasteiger partial charge in [-0.05, 0) is 19.1 Å². The summed E-state index contributed by atoms with van der Waals surface area (Å²) in [5.74, 6) is 0. The minimum Gasteiger partial charge on any atom is -0.329 e. The Morgan fingerprint density at radius 1 is 1.22 bits per heavy atom. The van der Waals surface area contributed by atoms with E-state index in [0.29, 0.717) is 0 Å². The highest BCUT2D eigenvalue weighted by Gasteiger charge is 2.08. The molecular weight excluding hydrogens is 242 g/mol. The van der Waals surface area contributed by atoms with Crippen molar-refractivity contribution in [3.8, 4) is 0 Å². The van der Waals surface area contributed by atoms with Crippen LogP contribution in [0.3, 0.4) is 0 Å². The summed E-state index contributed by atoms with van der Waals surface area (Å²) in [4.78, 5) is 10.1. The summed E-state index contributed by atoms with van der Waals surface area (Å²) < 4.78 is 2.02.